The smallest absolute Gasteiger partial charge is 0.234 e. The second-order valence-electron chi connectivity index (χ2n) is 5.70. The number of hydrogen-bond acceptors (Lipinski definition) is 4. The third kappa shape index (κ3) is 4.26. The van der Waals surface area contributed by atoms with Crippen LogP contribution in [0, 0.1) is 5.82 Å². The molecule has 2 heterocycles. The molecule has 1 N–H and O–H groups in total. The fraction of sp³-hybridized carbons (Fsp3) is 0.294. The number of benzene rings is 1. The molecular weight excluding hydrogens is 297 g/mol. The summed E-state index contributed by atoms with van der Waals surface area (Å²) in [5.41, 5.74) is 1.01. The van der Waals surface area contributed by atoms with Crippen LogP contribution < -0.4 is 10.1 Å². The molecule has 1 amide bonds. The van der Waals surface area contributed by atoms with Gasteiger partial charge in [-0.15, -0.1) is 0 Å². The van der Waals surface area contributed by atoms with Crippen LogP contribution in [0.1, 0.15) is 12.5 Å². The van der Waals surface area contributed by atoms with Crippen molar-refractivity contribution in [1.82, 2.24) is 15.2 Å². The zero-order chi connectivity index (χ0) is 16.2. The van der Waals surface area contributed by atoms with Crippen LogP contribution in [0.2, 0.25) is 0 Å². The molecule has 0 radical (unpaired) electrons. The molecule has 120 valence electrons. The Morgan fingerprint density at radius 2 is 2.09 bits per heavy atom. The average Bonchev–Trinajstić information content (AvgIpc) is 2.50. The largest absolute Gasteiger partial charge is 0.439 e. The van der Waals surface area contributed by atoms with Crippen LogP contribution in [0.3, 0.4) is 0 Å². The normalized spacial score (nSPS) is 18.5. The summed E-state index contributed by atoms with van der Waals surface area (Å²) < 4.78 is 18.4. The maximum Gasteiger partial charge on any atom is 0.234 e. The lowest BCUT2D eigenvalue weighted by molar-refractivity contribution is -0.125. The molecule has 1 aromatic carbocycles. The van der Waals surface area contributed by atoms with Gasteiger partial charge in [-0.05, 0) is 36.8 Å². The Hall–Kier alpha value is -2.47. The number of carbonyl (C=O) groups is 1. The fourth-order valence-corrected chi connectivity index (χ4v) is 2.59. The van der Waals surface area contributed by atoms with Crippen LogP contribution in [0.4, 0.5) is 4.39 Å². The molecule has 6 heteroatoms. The van der Waals surface area contributed by atoms with Gasteiger partial charge in [0, 0.05) is 31.4 Å². The Morgan fingerprint density at radius 1 is 1.30 bits per heavy atom. The van der Waals surface area contributed by atoms with E-state index in [4.69, 9.17) is 4.74 Å². The van der Waals surface area contributed by atoms with Crippen molar-refractivity contribution in [2.75, 3.05) is 13.1 Å². The van der Waals surface area contributed by atoms with E-state index in [0.717, 1.165) is 12.1 Å². The summed E-state index contributed by atoms with van der Waals surface area (Å²) >= 11 is 0. The van der Waals surface area contributed by atoms with Crippen LogP contribution in [-0.4, -0.2) is 34.9 Å². The third-order valence-corrected chi connectivity index (χ3v) is 3.55. The van der Waals surface area contributed by atoms with E-state index < -0.39 is 0 Å². The van der Waals surface area contributed by atoms with E-state index in [1.807, 2.05) is 13.0 Å². The first-order valence-electron chi connectivity index (χ1n) is 7.48. The van der Waals surface area contributed by atoms with E-state index >= 15 is 0 Å². The number of piperazine rings is 1. The Bertz CT molecular complexity index is 673. The Balaban J connectivity index is 1.60. The van der Waals surface area contributed by atoms with Crippen LogP contribution in [0.5, 0.6) is 11.6 Å². The number of nitrogens with one attached hydrogen (secondary N) is 1. The molecule has 5 nitrogen and oxygen atoms in total. The van der Waals surface area contributed by atoms with Gasteiger partial charge in [0.1, 0.15) is 11.6 Å². The number of aromatic nitrogens is 1. The van der Waals surface area contributed by atoms with E-state index in [0.29, 0.717) is 24.7 Å². The third-order valence-electron chi connectivity index (χ3n) is 3.55. The number of halogens is 1. The molecule has 0 aliphatic carbocycles. The van der Waals surface area contributed by atoms with Gasteiger partial charge in [0.2, 0.25) is 11.8 Å². The monoisotopic (exact) mass is 315 g/mol. The molecule has 1 unspecified atom stereocenters. The van der Waals surface area contributed by atoms with E-state index in [1.54, 1.807) is 24.4 Å². The minimum Gasteiger partial charge on any atom is -0.439 e. The molecule has 1 aromatic heterocycles. The zero-order valence-corrected chi connectivity index (χ0v) is 12.8. The van der Waals surface area contributed by atoms with Gasteiger partial charge in [0.15, 0.2) is 0 Å². The molecule has 23 heavy (non-hydrogen) atoms. The van der Waals surface area contributed by atoms with Gasteiger partial charge in [0.25, 0.3) is 0 Å². The van der Waals surface area contributed by atoms with Gasteiger partial charge in [-0.2, -0.15) is 0 Å². The number of ether oxygens (including phenoxy) is 1. The quantitative estimate of drug-likeness (QED) is 0.941. The van der Waals surface area contributed by atoms with Crippen molar-refractivity contribution in [3.63, 3.8) is 0 Å². The second kappa shape index (κ2) is 6.75. The highest BCUT2D eigenvalue weighted by Gasteiger charge is 2.21. The first-order chi connectivity index (χ1) is 11.1. The molecule has 3 rings (SSSR count). The van der Waals surface area contributed by atoms with Gasteiger partial charge in [0.05, 0.1) is 6.54 Å². The van der Waals surface area contributed by atoms with Crippen LogP contribution in [-0.2, 0) is 11.3 Å². The minimum absolute atomic E-state index is 0.0490. The second-order valence-corrected chi connectivity index (χ2v) is 5.70. The molecule has 1 fully saturated rings. The highest BCUT2D eigenvalue weighted by atomic mass is 19.1. The van der Waals surface area contributed by atoms with Gasteiger partial charge in [-0.3, -0.25) is 9.69 Å². The lowest BCUT2D eigenvalue weighted by atomic mass is 10.2. The zero-order valence-electron chi connectivity index (χ0n) is 12.8. The Kier molecular flexibility index (Phi) is 4.52. The number of amides is 1. The summed E-state index contributed by atoms with van der Waals surface area (Å²) in [5.74, 6) is 0.728. The molecule has 0 bridgehead atoms. The topological polar surface area (TPSA) is 54.5 Å². The molecule has 1 atom stereocenters. The van der Waals surface area contributed by atoms with E-state index in [1.165, 1.54) is 12.1 Å². The highest BCUT2D eigenvalue weighted by Crippen LogP contribution is 2.20. The van der Waals surface area contributed by atoms with Crippen molar-refractivity contribution in [2.24, 2.45) is 0 Å². The molecule has 0 saturated carbocycles. The van der Waals surface area contributed by atoms with Crippen molar-refractivity contribution >= 4 is 5.91 Å². The number of rotatable bonds is 4. The van der Waals surface area contributed by atoms with Crippen LogP contribution in [0.25, 0.3) is 0 Å². The maximum atomic E-state index is 12.9. The summed E-state index contributed by atoms with van der Waals surface area (Å²) in [5, 5.41) is 2.89. The molecule has 1 aliphatic rings. The molecule has 1 saturated heterocycles. The predicted octanol–water partition coefficient (Wildman–Crippen LogP) is 2.33. The minimum atomic E-state index is -0.305. The van der Waals surface area contributed by atoms with Crippen LogP contribution >= 0.6 is 0 Å². The van der Waals surface area contributed by atoms with Gasteiger partial charge in [-0.1, -0.05) is 6.07 Å². The average molecular weight is 315 g/mol. The van der Waals surface area contributed by atoms with Crippen molar-refractivity contribution < 1.29 is 13.9 Å². The summed E-state index contributed by atoms with van der Waals surface area (Å²) in [4.78, 5) is 17.9. The molecule has 1 aliphatic heterocycles. The number of nitrogens with zero attached hydrogens (tertiary/aromatic N) is 2. The summed E-state index contributed by atoms with van der Waals surface area (Å²) in [6, 6.07) is 9.63. The Labute approximate surface area is 134 Å². The van der Waals surface area contributed by atoms with Gasteiger partial charge < -0.3 is 10.1 Å². The van der Waals surface area contributed by atoms with Gasteiger partial charge >= 0.3 is 0 Å². The number of pyridine rings is 1. The summed E-state index contributed by atoms with van der Waals surface area (Å²) in [6.07, 6.45) is 1.73. The van der Waals surface area contributed by atoms with Gasteiger partial charge in [-0.25, -0.2) is 9.37 Å². The van der Waals surface area contributed by atoms with Crippen molar-refractivity contribution in [3.8, 4) is 11.6 Å². The van der Waals surface area contributed by atoms with Crippen molar-refractivity contribution in [1.29, 1.82) is 0 Å². The van der Waals surface area contributed by atoms with E-state index in [2.05, 4.69) is 15.2 Å². The summed E-state index contributed by atoms with van der Waals surface area (Å²) in [7, 11) is 0. The predicted molar refractivity (Wildman–Crippen MR) is 83.6 cm³/mol. The summed E-state index contributed by atoms with van der Waals surface area (Å²) in [6.45, 7) is 3.88. The maximum absolute atomic E-state index is 12.9. The van der Waals surface area contributed by atoms with Crippen LogP contribution in [0.15, 0.2) is 42.6 Å². The lowest BCUT2D eigenvalue weighted by Crippen LogP contribution is -2.52. The molecule has 2 aromatic rings. The molecular formula is C17H18FN3O2. The lowest BCUT2D eigenvalue weighted by Gasteiger charge is -2.30. The van der Waals surface area contributed by atoms with Crippen molar-refractivity contribution in [2.45, 2.75) is 19.5 Å². The number of carbonyl (C=O) groups excluding carboxylic acids is 1. The highest BCUT2D eigenvalue weighted by molar-refractivity contribution is 5.79. The van der Waals surface area contributed by atoms with E-state index in [9.17, 15) is 9.18 Å². The fourth-order valence-electron chi connectivity index (χ4n) is 2.59. The SMILES string of the molecule is CC1CN(Cc2ccc(Oc3ccc(F)cc3)nc2)CC(=O)N1. The first-order valence-corrected chi connectivity index (χ1v) is 7.48. The first kappa shape index (κ1) is 15.4. The molecule has 0 spiro atoms. The standard InChI is InChI=1S/C17H18FN3O2/c1-12-9-21(11-16(22)20-12)10-13-2-7-17(19-8-13)23-15-5-3-14(18)4-6-15/h2-8,12H,9-11H2,1H3,(H,20,22). The number of hydrogen-bond donors (Lipinski definition) is 1. The Morgan fingerprint density at radius 3 is 2.74 bits per heavy atom. The van der Waals surface area contributed by atoms with Crippen molar-refractivity contribution in [3.05, 3.63) is 54.0 Å². The van der Waals surface area contributed by atoms with E-state index in [-0.39, 0.29) is 17.8 Å².